The highest BCUT2D eigenvalue weighted by Gasteiger charge is 2.32. The van der Waals surface area contributed by atoms with Gasteiger partial charge in [0.1, 0.15) is 0 Å². The lowest BCUT2D eigenvalue weighted by atomic mass is 9.87. The third-order valence-electron chi connectivity index (χ3n) is 4.04. The number of rotatable bonds is 3. The summed E-state index contributed by atoms with van der Waals surface area (Å²) in [7, 11) is 0. The van der Waals surface area contributed by atoms with Crippen LogP contribution in [0.2, 0.25) is 5.02 Å². The molecule has 18 heavy (non-hydrogen) atoms. The number of nitrogens with one attached hydrogen (secondary N) is 1. The zero-order chi connectivity index (χ0) is 12.6. The summed E-state index contributed by atoms with van der Waals surface area (Å²) in [6.45, 7) is 3.63. The number of hydrogen-bond donors (Lipinski definition) is 1. The van der Waals surface area contributed by atoms with E-state index in [0.717, 1.165) is 25.1 Å². The van der Waals surface area contributed by atoms with Gasteiger partial charge in [0.2, 0.25) is 6.79 Å². The van der Waals surface area contributed by atoms with Crippen molar-refractivity contribution < 1.29 is 9.47 Å². The molecule has 0 bridgehead atoms. The molecule has 0 aromatic heterocycles. The van der Waals surface area contributed by atoms with E-state index in [1.165, 1.54) is 18.4 Å². The van der Waals surface area contributed by atoms with Crippen LogP contribution in [0.15, 0.2) is 12.1 Å². The van der Waals surface area contributed by atoms with Gasteiger partial charge in [-0.3, -0.25) is 0 Å². The quantitative estimate of drug-likeness (QED) is 0.913. The fourth-order valence-electron chi connectivity index (χ4n) is 2.96. The van der Waals surface area contributed by atoms with Crippen LogP contribution in [0.1, 0.15) is 31.7 Å². The van der Waals surface area contributed by atoms with Crippen molar-refractivity contribution in [2.24, 2.45) is 0 Å². The molecule has 0 amide bonds. The number of benzene rings is 1. The monoisotopic (exact) mass is 267 g/mol. The zero-order valence-electron chi connectivity index (χ0n) is 10.6. The third-order valence-corrected chi connectivity index (χ3v) is 4.32. The van der Waals surface area contributed by atoms with E-state index in [1.807, 2.05) is 6.07 Å². The lowest BCUT2D eigenvalue weighted by molar-refractivity contribution is 0.174. The first-order valence-corrected chi connectivity index (χ1v) is 6.93. The molecule has 1 N–H and O–H groups in total. The van der Waals surface area contributed by atoms with Gasteiger partial charge >= 0.3 is 0 Å². The topological polar surface area (TPSA) is 30.5 Å². The van der Waals surface area contributed by atoms with Crippen LogP contribution in [-0.2, 0) is 6.42 Å². The summed E-state index contributed by atoms with van der Waals surface area (Å²) in [4.78, 5) is 0. The van der Waals surface area contributed by atoms with Crippen LogP contribution in [-0.4, -0.2) is 18.9 Å². The molecule has 1 aromatic rings. The van der Waals surface area contributed by atoms with Gasteiger partial charge in [-0.05, 0) is 49.9 Å². The normalized spacial score (nSPS) is 25.7. The Balaban J connectivity index is 1.87. The molecule has 0 radical (unpaired) electrons. The molecule has 1 aromatic carbocycles. The van der Waals surface area contributed by atoms with E-state index in [-0.39, 0.29) is 12.3 Å². The van der Waals surface area contributed by atoms with Gasteiger partial charge in [0, 0.05) is 5.54 Å². The molecule has 0 aliphatic carbocycles. The average Bonchev–Trinajstić information content (AvgIpc) is 2.98. The fourth-order valence-corrected chi connectivity index (χ4v) is 3.25. The number of halogens is 1. The summed E-state index contributed by atoms with van der Waals surface area (Å²) >= 11 is 6.22. The van der Waals surface area contributed by atoms with Crippen LogP contribution in [0, 0.1) is 0 Å². The zero-order valence-corrected chi connectivity index (χ0v) is 11.3. The average molecular weight is 268 g/mol. The van der Waals surface area contributed by atoms with Crippen LogP contribution in [0.4, 0.5) is 0 Å². The minimum absolute atomic E-state index is 0.233. The van der Waals surface area contributed by atoms with Gasteiger partial charge in [0.15, 0.2) is 11.5 Å². The largest absolute Gasteiger partial charge is 0.454 e. The summed E-state index contributed by atoms with van der Waals surface area (Å²) in [5.74, 6) is 1.46. The predicted molar refractivity (Wildman–Crippen MR) is 71.5 cm³/mol. The van der Waals surface area contributed by atoms with Gasteiger partial charge in [0.05, 0.1) is 5.02 Å². The molecule has 1 saturated heterocycles. The molecule has 3 nitrogen and oxygen atoms in total. The Morgan fingerprint density at radius 1 is 1.39 bits per heavy atom. The van der Waals surface area contributed by atoms with Gasteiger partial charge < -0.3 is 14.8 Å². The van der Waals surface area contributed by atoms with Crippen molar-refractivity contribution in [1.29, 1.82) is 0 Å². The lowest BCUT2D eigenvalue weighted by Crippen LogP contribution is -2.41. The maximum atomic E-state index is 6.22. The minimum atomic E-state index is 0.233. The first kappa shape index (κ1) is 12.1. The SMILES string of the molecule is CCC1(Cc2cc(Cl)c3c(c2)OCO3)CCCN1. The van der Waals surface area contributed by atoms with Gasteiger partial charge in [-0.2, -0.15) is 0 Å². The Morgan fingerprint density at radius 2 is 2.28 bits per heavy atom. The third kappa shape index (κ3) is 2.06. The smallest absolute Gasteiger partial charge is 0.231 e. The summed E-state index contributed by atoms with van der Waals surface area (Å²) in [6, 6.07) is 4.07. The Hall–Kier alpha value is -0.930. The standard InChI is InChI=1S/C14H18ClNO2/c1-2-14(4-3-5-16-14)8-10-6-11(15)13-12(7-10)17-9-18-13/h6-7,16H,2-5,8-9H2,1H3. The highest BCUT2D eigenvalue weighted by atomic mass is 35.5. The van der Waals surface area contributed by atoms with Crippen molar-refractivity contribution in [3.63, 3.8) is 0 Å². The molecular weight excluding hydrogens is 250 g/mol. The van der Waals surface area contributed by atoms with Crippen LogP contribution in [0.5, 0.6) is 11.5 Å². The van der Waals surface area contributed by atoms with Crippen molar-refractivity contribution in [1.82, 2.24) is 5.32 Å². The first-order valence-electron chi connectivity index (χ1n) is 6.55. The molecule has 1 atom stereocenters. The molecular formula is C14H18ClNO2. The summed E-state index contributed by atoms with van der Waals surface area (Å²) < 4.78 is 10.8. The Kier molecular flexibility index (Phi) is 3.12. The molecule has 3 rings (SSSR count). The van der Waals surface area contributed by atoms with E-state index < -0.39 is 0 Å². The van der Waals surface area contributed by atoms with Crippen LogP contribution in [0.25, 0.3) is 0 Å². The van der Waals surface area contributed by atoms with Gasteiger partial charge in [0.25, 0.3) is 0 Å². The van der Waals surface area contributed by atoms with Crippen molar-refractivity contribution in [2.45, 2.75) is 38.1 Å². The van der Waals surface area contributed by atoms with Gasteiger partial charge in [-0.15, -0.1) is 0 Å². The molecule has 0 saturated carbocycles. The highest BCUT2D eigenvalue weighted by molar-refractivity contribution is 6.32. The van der Waals surface area contributed by atoms with Crippen molar-refractivity contribution in [2.75, 3.05) is 13.3 Å². The van der Waals surface area contributed by atoms with E-state index in [9.17, 15) is 0 Å². The lowest BCUT2D eigenvalue weighted by Gasteiger charge is -2.28. The van der Waals surface area contributed by atoms with E-state index in [1.54, 1.807) is 0 Å². The Morgan fingerprint density at radius 3 is 3.00 bits per heavy atom. The summed E-state index contributed by atoms with van der Waals surface area (Å²) in [5, 5.41) is 4.30. The highest BCUT2D eigenvalue weighted by Crippen LogP contribution is 2.41. The minimum Gasteiger partial charge on any atom is -0.454 e. The Bertz CT molecular complexity index is 455. The first-order chi connectivity index (χ1) is 8.72. The number of hydrogen-bond acceptors (Lipinski definition) is 3. The maximum absolute atomic E-state index is 6.22. The second kappa shape index (κ2) is 4.63. The van der Waals surface area contributed by atoms with Crippen molar-refractivity contribution >= 4 is 11.6 Å². The molecule has 2 aliphatic heterocycles. The molecule has 98 valence electrons. The van der Waals surface area contributed by atoms with E-state index >= 15 is 0 Å². The summed E-state index contributed by atoms with van der Waals surface area (Å²) in [6.07, 6.45) is 4.63. The van der Waals surface area contributed by atoms with Crippen molar-refractivity contribution in [3.8, 4) is 11.5 Å². The molecule has 1 fully saturated rings. The summed E-state index contributed by atoms with van der Waals surface area (Å²) in [5.41, 5.74) is 1.46. The number of ether oxygens (including phenoxy) is 2. The molecule has 0 spiro atoms. The molecule has 2 heterocycles. The van der Waals surface area contributed by atoms with E-state index in [0.29, 0.717) is 10.8 Å². The second-order valence-corrected chi connectivity index (χ2v) is 5.56. The molecule has 1 unspecified atom stereocenters. The second-order valence-electron chi connectivity index (χ2n) is 5.15. The fraction of sp³-hybridized carbons (Fsp3) is 0.571. The van der Waals surface area contributed by atoms with Gasteiger partial charge in [-0.1, -0.05) is 18.5 Å². The maximum Gasteiger partial charge on any atom is 0.231 e. The predicted octanol–water partition coefficient (Wildman–Crippen LogP) is 3.14. The van der Waals surface area contributed by atoms with E-state index in [2.05, 4.69) is 18.3 Å². The molecule has 4 heteroatoms. The van der Waals surface area contributed by atoms with Crippen LogP contribution < -0.4 is 14.8 Å². The van der Waals surface area contributed by atoms with Crippen LogP contribution in [0.3, 0.4) is 0 Å². The number of fused-ring (bicyclic) bond motifs is 1. The Labute approximate surface area is 112 Å². The van der Waals surface area contributed by atoms with Crippen molar-refractivity contribution in [3.05, 3.63) is 22.7 Å². The molecule has 2 aliphatic rings. The van der Waals surface area contributed by atoms with Crippen LogP contribution >= 0.6 is 11.6 Å². The van der Waals surface area contributed by atoms with Gasteiger partial charge in [-0.25, -0.2) is 0 Å². The van der Waals surface area contributed by atoms with E-state index in [4.69, 9.17) is 21.1 Å².